The van der Waals surface area contributed by atoms with Crippen LogP contribution in [0.1, 0.15) is 75.5 Å². The Morgan fingerprint density at radius 1 is 1.04 bits per heavy atom. The number of H-pyrrole nitrogens is 1. The molecule has 0 aromatic carbocycles. The van der Waals surface area contributed by atoms with Gasteiger partial charge in [-0.2, -0.15) is 4.98 Å². The molecule has 0 bridgehead atoms. The maximum absolute atomic E-state index is 13.1. The molecule has 2 saturated heterocycles. The summed E-state index contributed by atoms with van der Waals surface area (Å²) in [6, 6.07) is 0. The van der Waals surface area contributed by atoms with Crippen LogP contribution in [0.15, 0.2) is 29.8 Å². The Morgan fingerprint density at radius 3 is 2.28 bits per heavy atom. The molecular formula is C30H47N7O7SSi2. The molecular weight excluding hydrogens is 659 g/mol. The van der Waals surface area contributed by atoms with E-state index >= 15 is 0 Å². The zero-order valence-corrected chi connectivity index (χ0v) is 31.5. The van der Waals surface area contributed by atoms with Crippen LogP contribution in [0.5, 0.6) is 0 Å². The molecule has 5 rings (SSSR count). The Balaban J connectivity index is 1.65. The van der Waals surface area contributed by atoms with Crippen LogP contribution in [-0.4, -0.2) is 82.2 Å². The maximum Gasteiger partial charge on any atom is 0.335 e. The van der Waals surface area contributed by atoms with Crippen molar-refractivity contribution in [2.45, 2.75) is 116 Å². The number of hydrogen-bond donors (Lipinski definition) is 2. The first-order valence-corrected chi connectivity index (χ1v) is 20.6. The zero-order chi connectivity index (χ0) is 34.4. The van der Waals surface area contributed by atoms with E-state index in [-0.39, 0.29) is 62.9 Å². The van der Waals surface area contributed by atoms with E-state index in [1.807, 2.05) is 0 Å². The fourth-order valence-electron chi connectivity index (χ4n) is 6.45. The lowest BCUT2D eigenvalue weighted by Crippen LogP contribution is -2.66. The summed E-state index contributed by atoms with van der Waals surface area (Å²) in [6.07, 6.45) is 3.39. The van der Waals surface area contributed by atoms with Gasteiger partial charge in [-0.25, -0.2) is 9.97 Å². The Morgan fingerprint density at radius 2 is 1.70 bits per heavy atom. The summed E-state index contributed by atoms with van der Waals surface area (Å²) in [7, 11) is -5.92. The summed E-state index contributed by atoms with van der Waals surface area (Å²) in [4.78, 5) is 41.3. The van der Waals surface area contributed by atoms with E-state index < -0.39 is 47.2 Å². The Bertz CT molecular complexity index is 1630. The van der Waals surface area contributed by atoms with Crippen molar-refractivity contribution in [1.82, 2.24) is 29.1 Å². The number of thiocarbonyl (C=S) groups is 1. The molecule has 4 atom stereocenters. The molecule has 258 valence electrons. The highest BCUT2D eigenvalue weighted by Crippen LogP contribution is 2.49. The summed E-state index contributed by atoms with van der Waals surface area (Å²) in [5.41, 5.74) is 0.210. The number of carbonyl (C=O) groups is 1. The fourth-order valence-corrected chi connectivity index (χ4v) is 17.9. The number of anilines is 1. The second kappa shape index (κ2) is 13.6. The van der Waals surface area contributed by atoms with Crippen molar-refractivity contribution in [3.8, 4) is 0 Å². The summed E-state index contributed by atoms with van der Waals surface area (Å²) < 4.78 is 38.3. The van der Waals surface area contributed by atoms with Crippen molar-refractivity contribution >= 4 is 57.5 Å². The average molecular weight is 706 g/mol. The molecule has 2 N–H and O–H groups in total. The monoisotopic (exact) mass is 705 g/mol. The van der Waals surface area contributed by atoms with Crippen molar-refractivity contribution in [1.29, 1.82) is 0 Å². The molecule has 3 aromatic heterocycles. The average Bonchev–Trinajstić information content (AvgIpc) is 3.73. The van der Waals surface area contributed by atoms with Gasteiger partial charge in [-0.3, -0.25) is 29.0 Å². The van der Waals surface area contributed by atoms with E-state index in [0.29, 0.717) is 0 Å². The van der Waals surface area contributed by atoms with Crippen LogP contribution in [-0.2, 0) is 27.2 Å². The summed E-state index contributed by atoms with van der Waals surface area (Å²) in [6.45, 7) is 20.9. The molecule has 0 aliphatic carbocycles. The van der Waals surface area contributed by atoms with E-state index in [9.17, 15) is 9.59 Å². The number of aromatic amines is 1. The van der Waals surface area contributed by atoms with Gasteiger partial charge in [0.05, 0.1) is 12.9 Å². The van der Waals surface area contributed by atoms with Gasteiger partial charge in [0.2, 0.25) is 11.9 Å². The largest absolute Gasteiger partial charge is 0.459 e. The van der Waals surface area contributed by atoms with Gasteiger partial charge in [-0.15, -0.1) is 0 Å². The van der Waals surface area contributed by atoms with Gasteiger partial charge in [-0.1, -0.05) is 69.2 Å². The van der Waals surface area contributed by atoms with Gasteiger partial charge in [0.15, 0.2) is 23.5 Å². The van der Waals surface area contributed by atoms with Crippen molar-refractivity contribution in [3.63, 3.8) is 0 Å². The number of rotatable bonds is 8. The Labute approximate surface area is 282 Å². The molecule has 14 nitrogen and oxygen atoms in total. The summed E-state index contributed by atoms with van der Waals surface area (Å²) in [5, 5.41) is 2.82. The number of aromatic nitrogens is 6. The minimum atomic E-state index is -3.07. The fraction of sp³-hybridized carbons (Fsp3) is 0.667. The highest BCUT2D eigenvalue weighted by molar-refractivity contribution is 7.80. The number of nitrogens with one attached hydrogen (secondary N) is 2. The predicted octanol–water partition coefficient (Wildman–Crippen LogP) is 4.98. The minimum Gasteiger partial charge on any atom is -0.459 e. The van der Waals surface area contributed by atoms with Crippen LogP contribution in [0.25, 0.3) is 11.2 Å². The van der Waals surface area contributed by atoms with Crippen molar-refractivity contribution < 1.29 is 27.2 Å². The highest BCUT2D eigenvalue weighted by atomic mass is 32.1. The minimum absolute atomic E-state index is 0.00189. The first-order chi connectivity index (χ1) is 22.1. The quantitative estimate of drug-likeness (QED) is 0.241. The lowest BCUT2D eigenvalue weighted by atomic mass is 10.1. The van der Waals surface area contributed by atoms with Gasteiger partial charge in [0.1, 0.15) is 18.5 Å². The molecule has 2 aliphatic heterocycles. The third-order valence-corrected chi connectivity index (χ3v) is 19.6. The van der Waals surface area contributed by atoms with E-state index in [1.54, 1.807) is 41.7 Å². The van der Waals surface area contributed by atoms with Crippen LogP contribution in [0, 0.1) is 5.92 Å². The SMILES string of the molecule is CC(C)C(=O)Nc1nc2c(ncn2C2OC3CO[Si](C(C)C)(C(C)C)O[Si](C(C)C)(C(C)C)OC3C2OC(=S)n2ccnc2)c(=O)[nH]1. The van der Waals surface area contributed by atoms with Crippen LogP contribution in [0.4, 0.5) is 5.95 Å². The molecule has 47 heavy (non-hydrogen) atoms. The number of hydrogen-bond acceptors (Lipinski definition) is 11. The van der Waals surface area contributed by atoms with Gasteiger partial charge >= 0.3 is 17.1 Å². The number of amides is 1. The Kier molecular flexibility index (Phi) is 10.3. The van der Waals surface area contributed by atoms with Gasteiger partial charge in [0.25, 0.3) is 10.7 Å². The normalized spacial score (nSPS) is 24.2. The number of fused-ring (bicyclic) bond motifs is 2. The lowest BCUT2D eigenvalue weighted by molar-refractivity contribution is -0.118. The predicted molar refractivity (Wildman–Crippen MR) is 184 cm³/mol. The number of nitrogens with zero attached hydrogens (tertiary/aromatic N) is 5. The Hall–Kier alpha value is -2.81. The molecule has 3 aromatic rings. The maximum atomic E-state index is 13.1. The van der Waals surface area contributed by atoms with Crippen LogP contribution in [0.2, 0.25) is 22.2 Å². The topological polar surface area (TPSA) is 157 Å². The second-order valence-electron chi connectivity index (χ2n) is 13.8. The first kappa shape index (κ1) is 35.5. The van der Waals surface area contributed by atoms with Gasteiger partial charge in [0, 0.05) is 18.3 Å². The van der Waals surface area contributed by atoms with Gasteiger partial charge in [-0.05, 0) is 34.4 Å². The molecule has 0 radical (unpaired) electrons. The smallest absolute Gasteiger partial charge is 0.335 e. The second-order valence-corrected chi connectivity index (χ2v) is 23.0. The lowest BCUT2D eigenvalue weighted by Gasteiger charge is -2.51. The van der Waals surface area contributed by atoms with Crippen molar-refractivity contribution in [2.75, 3.05) is 11.9 Å². The molecule has 5 heterocycles. The first-order valence-electron chi connectivity index (χ1n) is 16.2. The third-order valence-electron chi connectivity index (χ3n) is 9.04. The van der Waals surface area contributed by atoms with Crippen LogP contribution in [0.3, 0.4) is 0 Å². The van der Waals surface area contributed by atoms with Crippen LogP contribution < -0.4 is 10.9 Å². The molecule has 0 spiro atoms. The van der Waals surface area contributed by atoms with E-state index in [1.165, 1.54) is 6.33 Å². The number of imidazole rings is 2. The molecule has 2 aliphatic rings. The van der Waals surface area contributed by atoms with Crippen molar-refractivity contribution in [2.24, 2.45) is 5.92 Å². The number of carbonyl (C=O) groups excluding carboxylic acids is 1. The van der Waals surface area contributed by atoms with E-state index in [4.69, 9.17) is 34.7 Å². The highest BCUT2D eigenvalue weighted by Gasteiger charge is 2.62. The number of ether oxygens (including phenoxy) is 2. The van der Waals surface area contributed by atoms with Crippen LogP contribution >= 0.6 is 12.2 Å². The molecule has 1 amide bonds. The van der Waals surface area contributed by atoms with Gasteiger partial charge < -0.3 is 22.4 Å². The van der Waals surface area contributed by atoms with E-state index in [0.717, 1.165) is 0 Å². The summed E-state index contributed by atoms with van der Waals surface area (Å²) >= 11 is 5.72. The standard InChI is InChI=1S/C30H47N7O7SSi2/c1-16(2)26(38)34-29-33-25-22(27(39)35-29)32-15-37(25)28-24(42-30(45)36-12-11-31-14-36)23-21(41-28)13-40-46(17(3)4,18(5)6)44-47(43-23,19(7)8)20(9)10/h11-12,14-21,23-24,28H,13H2,1-10H3,(H2,33,34,35,38,39). The molecule has 17 heteroatoms. The third kappa shape index (κ3) is 6.50. The molecule has 4 unspecified atom stereocenters. The summed E-state index contributed by atoms with van der Waals surface area (Å²) in [5.74, 6) is -0.615. The zero-order valence-electron chi connectivity index (χ0n) is 28.7. The molecule has 0 saturated carbocycles. The van der Waals surface area contributed by atoms with Crippen molar-refractivity contribution in [3.05, 3.63) is 35.4 Å². The van der Waals surface area contributed by atoms with E-state index in [2.05, 4.69) is 80.6 Å². The molecule has 2 fully saturated rings.